The van der Waals surface area contributed by atoms with Crippen LogP contribution in [0.25, 0.3) is 11.0 Å². The lowest BCUT2D eigenvalue weighted by atomic mass is 9.98. The SMILES string of the molecule is CCOC(=O)[C@@H](/C(=N\NC(=O)OC)C(=O)Nc1ccc(C(C)=O)cc1)c1cnc2ccccc2n1. The highest BCUT2D eigenvalue weighted by Crippen LogP contribution is 2.21. The Morgan fingerprint density at radius 1 is 1.03 bits per heavy atom. The summed E-state index contributed by atoms with van der Waals surface area (Å²) in [6.07, 6.45) is 0.389. The normalized spacial score (nSPS) is 11.9. The van der Waals surface area contributed by atoms with E-state index < -0.39 is 29.6 Å². The molecule has 0 bridgehead atoms. The Morgan fingerprint density at radius 3 is 2.34 bits per heavy atom. The van der Waals surface area contributed by atoms with Crippen LogP contribution in [0, 0.1) is 0 Å². The second-order valence-corrected chi connectivity index (χ2v) is 7.16. The number of rotatable bonds is 8. The number of ketones is 1. The van der Waals surface area contributed by atoms with Crippen molar-refractivity contribution < 1.29 is 28.7 Å². The van der Waals surface area contributed by atoms with E-state index in [1.54, 1.807) is 43.3 Å². The number of hydrogen-bond donors (Lipinski definition) is 2. The van der Waals surface area contributed by atoms with Crippen LogP contribution in [0.1, 0.15) is 35.8 Å². The fraction of sp³-hybridized carbons (Fsp3) is 0.208. The number of esters is 1. The van der Waals surface area contributed by atoms with Gasteiger partial charge in [-0.25, -0.2) is 15.2 Å². The summed E-state index contributed by atoms with van der Waals surface area (Å²) < 4.78 is 9.70. The van der Waals surface area contributed by atoms with E-state index in [1.165, 1.54) is 25.3 Å². The molecule has 3 rings (SSSR count). The summed E-state index contributed by atoms with van der Waals surface area (Å²) in [4.78, 5) is 58.2. The Morgan fingerprint density at radius 2 is 1.71 bits per heavy atom. The number of para-hydroxylation sites is 2. The second kappa shape index (κ2) is 11.5. The number of nitrogens with zero attached hydrogens (tertiary/aromatic N) is 3. The highest BCUT2D eigenvalue weighted by molar-refractivity contribution is 6.48. The molecule has 0 aliphatic carbocycles. The molecule has 0 aliphatic heterocycles. The van der Waals surface area contributed by atoms with E-state index >= 15 is 0 Å². The summed E-state index contributed by atoms with van der Waals surface area (Å²) in [5.41, 5.74) is 3.62. The summed E-state index contributed by atoms with van der Waals surface area (Å²) in [6, 6.07) is 13.1. The van der Waals surface area contributed by atoms with Gasteiger partial charge in [0.2, 0.25) is 0 Å². The Balaban J connectivity index is 2.05. The zero-order valence-electron chi connectivity index (χ0n) is 19.3. The number of hydrogen-bond acceptors (Lipinski definition) is 9. The molecule has 1 aromatic heterocycles. The van der Waals surface area contributed by atoms with Gasteiger partial charge in [-0.05, 0) is 50.2 Å². The number of benzene rings is 2. The van der Waals surface area contributed by atoms with Gasteiger partial charge in [-0.1, -0.05) is 12.1 Å². The lowest BCUT2D eigenvalue weighted by Gasteiger charge is -2.17. The highest BCUT2D eigenvalue weighted by atomic mass is 16.5. The van der Waals surface area contributed by atoms with Crippen molar-refractivity contribution in [2.75, 3.05) is 19.0 Å². The van der Waals surface area contributed by atoms with Crippen molar-refractivity contribution >= 4 is 46.2 Å². The minimum absolute atomic E-state index is 0.0299. The number of carbonyl (C=O) groups excluding carboxylic acids is 4. The standard InChI is InChI=1S/C24H23N5O6/c1-4-35-23(32)20(19-13-25-17-7-5-6-8-18(17)27-19)21(28-29-24(33)34-3)22(31)26-16-11-9-15(10-12-16)14(2)30/h5-13,20H,4H2,1-3H3,(H,26,31)(H,29,33)/b28-21+/t20-/m1/s1. The maximum atomic E-state index is 13.3. The van der Waals surface area contributed by atoms with Crippen LogP contribution in [-0.4, -0.2) is 53.1 Å². The molecule has 1 atom stereocenters. The Bertz CT molecular complexity index is 1290. The minimum atomic E-state index is -1.42. The summed E-state index contributed by atoms with van der Waals surface area (Å²) in [7, 11) is 1.12. The van der Waals surface area contributed by atoms with E-state index in [0.717, 1.165) is 7.11 Å². The van der Waals surface area contributed by atoms with E-state index in [4.69, 9.17) is 4.74 Å². The van der Waals surface area contributed by atoms with Gasteiger partial charge in [0.25, 0.3) is 5.91 Å². The van der Waals surface area contributed by atoms with Crippen molar-refractivity contribution in [2.24, 2.45) is 5.10 Å². The molecule has 2 amide bonds. The van der Waals surface area contributed by atoms with Crippen molar-refractivity contribution in [3.8, 4) is 0 Å². The lowest BCUT2D eigenvalue weighted by Crippen LogP contribution is -2.36. The molecule has 0 unspecified atom stereocenters. The van der Waals surface area contributed by atoms with Gasteiger partial charge in [0.15, 0.2) is 5.78 Å². The number of amides is 2. The van der Waals surface area contributed by atoms with Gasteiger partial charge in [0, 0.05) is 11.3 Å². The third-order valence-electron chi connectivity index (χ3n) is 4.79. The first-order chi connectivity index (χ1) is 16.8. The number of ether oxygens (including phenoxy) is 2. The van der Waals surface area contributed by atoms with Crippen LogP contribution in [0.5, 0.6) is 0 Å². The van der Waals surface area contributed by atoms with E-state index in [2.05, 4.69) is 30.5 Å². The van der Waals surface area contributed by atoms with Crippen molar-refractivity contribution in [1.82, 2.24) is 15.4 Å². The van der Waals surface area contributed by atoms with Crippen LogP contribution in [0.15, 0.2) is 59.8 Å². The fourth-order valence-electron chi connectivity index (χ4n) is 3.09. The zero-order valence-corrected chi connectivity index (χ0v) is 19.3. The average molecular weight is 477 g/mol. The second-order valence-electron chi connectivity index (χ2n) is 7.16. The van der Waals surface area contributed by atoms with Crippen molar-refractivity contribution in [3.63, 3.8) is 0 Å². The molecule has 0 fully saturated rings. The van der Waals surface area contributed by atoms with Crippen molar-refractivity contribution in [1.29, 1.82) is 0 Å². The first-order valence-corrected chi connectivity index (χ1v) is 10.6. The number of methoxy groups -OCH3 is 1. The number of aromatic nitrogens is 2. The van der Waals surface area contributed by atoms with Crippen LogP contribution < -0.4 is 10.7 Å². The smallest absolute Gasteiger partial charge is 0.427 e. The summed E-state index contributed by atoms with van der Waals surface area (Å²) in [5, 5.41) is 6.46. The van der Waals surface area contributed by atoms with Crippen molar-refractivity contribution in [3.05, 3.63) is 66.0 Å². The number of anilines is 1. The van der Waals surface area contributed by atoms with Gasteiger partial charge in [-0.3, -0.25) is 19.4 Å². The summed E-state index contributed by atoms with van der Waals surface area (Å²) >= 11 is 0. The number of nitrogens with one attached hydrogen (secondary N) is 2. The fourth-order valence-corrected chi connectivity index (χ4v) is 3.09. The van der Waals surface area contributed by atoms with E-state index in [0.29, 0.717) is 22.3 Å². The molecule has 0 aliphatic rings. The highest BCUT2D eigenvalue weighted by Gasteiger charge is 2.35. The monoisotopic (exact) mass is 477 g/mol. The Kier molecular flexibility index (Phi) is 8.17. The lowest BCUT2D eigenvalue weighted by molar-refractivity contribution is -0.143. The predicted octanol–water partition coefficient (Wildman–Crippen LogP) is 2.83. The molecule has 11 heteroatoms. The van der Waals surface area contributed by atoms with Crippen LogP contribution in [0.2, 0.25) is 0 Å². The Labute approximate surface area is 200 Å². The predicted molar refractivity (Wildman–Crippen MR) is 127 cm³/mol. The van der Waals surface area contributed by atoms with Gasteiger partial charge in [0.05, 0.1) is 36.6 Å². The van der Waals surface area contributed by atoms with Crippen LogP contribution in [-0.2, 0) is 19.1 Å². The maximum Gasteiger partial charge on any atom is 0.427 e. The van der Waals surface area contributed by atoms with E-state index in [1.807, 2.05) is 0 Å². The first-order valence-electron chi connectivity index (χ1n) is 10.6. The van der Waals surface area contributed by atoms with Gasteiger partial charge < -0.3 is 14.8 Å². The number of carbonyl (C=O) groups is 4. The largest absolute Gasteiger partial charge is 0.465 e. The molecule has 0 spiro atoms. The van der Waals surface area contributed by atoms with Gasteiger partial charge in [-0.15, -0.1) is 0 Å². The molecule has 0 saturated heterocycles. The molecular weight excluding hydrogens is 454 g/mol. The topological polar surface area (TPSA) is 149 Å². The van der Waals surface area contributed by atoms with Gasteiger partial charge in [0.1, 0.15) is 11.6 Å². The number of Topliss-reactive ketones (excluding diaryl/α,β-unsaturated/α-hetero) is 1. The third-order valence-corrected chi connectivity index (χ3v) is 4.79. The summed E-state index contributed by atoms with van der Waals surface area (Å²) in [6.45, 7) is 3.06. The molecule has 0 radical (unpaired) electrons. The molecule has 3 aromatic rings. The molecule has 1 heterocycles. The van der Waals surface area contributed by atoms with E-state index in [-0.39, 0.29) is 18.1 Å². The van der Waals surface area contributed by atoms with Gasteiger partial charge >= 0.3 is 12.1 Å². The zero-order chi connectivity index (χ0) is 25.4. The molecule has 35 heavy (non-hydrogen) atoms. The quantitative estimate of drug-likeness (QED) is 0.218. The van der Waals surface area contributed by atoms with Crippen LogP contribution in [0.4, 0.5) is 10.5 Å². The minimum Gasteiger partial charge on any atom is -0.465 e. The summed E-state index contributed by atoms with van der Waals surface area (Å²) in [5.74, 6) is -3.18. The van der Waals surface area contributed by atoms with Crippen LogP contribution >= 0.6 is 0 Å². The number of hydrazone groups is 1. The first kappa shape index (κ1) is 25.0. The average Bonchev–Trinajstić information content (AvgIpc) is 2.86. The third kappa shape index (κ3) is 6.22. The molecule has 180 valence electrons. The van der Waals surface area contributed by atoms with E-state index in [9.17, 15) is 19.2 Å². The molecule has 0 saturated carbocycles. The molecule has 2 N–H and O–H groups in total. The Hall–Kier alpha value is -4.67. The molecular formula is C24H23N5O6. The van der Waals surface area contributed by atoms with Crippen molar-refractivity contribution in [2.45, 2.75) is 19.8 Å². The molecule has 2 aromatic carbocycles. The maximum absolute atomic E-state index is 13.3. The number of fused-ring (bicyclic) bond motifs is 1. The van der Waals surface area contributed by atoms with Crippen LogP contribution in [0.3, 0.4) is 0 Å². The molecule has 11 nitrogen and oxygen atoms in total. The van der Waals surface area contributed by atoms with Gasteiger partial charge in [-0.2, -0.15) is 5.10 Å².